The van der Waals surface area contributed by atoms with Crippen LogP contribution in [0.25, 0.3) is 0 Å². The zero-order chi connectivity index (χ0) is 13.7. The van der Waals surface area contributed by atoms with E-state index in [0.29, 0.717) is 0 Å². The molecule has 4 nitrogen and oxygen atoms in total. The molecule has 1 heterocycles. The second kappa shape index (κ2) is 6.41. The lowest BCUT2D eigenvalue weighted by Gasteiger charge is -2.02. The number of hydrogen-bond donors (Lipinski definition) is 1. The molecule has 0 atom stereocenters. The highest BCUT2D eigenvalue weighted by Gasteiger charge is 2.05. The molecule has 2 aromatic rings. The molecule has 0 aliphatic rings. The van der Waals surface area contributed by atoms with E-state index in [-0.39, 0.29) is 6.61 Å². The van der Waals surface area contributed by atoms with Crippen molar-refractivity contribution in [3.05, 3.63) is 41.2 Å². The molecule has 98 valence electrons. The van der Waals surface area contributed by atoms with E-state index < -0.39 is 0 Å². The first kappa shape index (κ1) is 13.7. The number of aromatic nitrogens is 3. The van der Waals surface area contributed by atoms with Gasteiger partial charge in [0.1, 0.15) is 12.4 Å². The van der Waals surface area contributed by atoms with Crippen LogP contribution in [0, 0.1) is 18.8 Å². The molecule has 0 saturated carbocycles. The average Bonchev–Trinajstić information content (AvgIpc) is 2.75. The Balaban J connectivity index is 1.98. The minimum absolute atomic E-state index is 0.108. The van der Waals surface area contributed by atoms with Gasteiger partial charge in [0.2, 0.25) is 0 Å². The average molecular weight is 273 g/mol. The van der Waals surface area contributed by atoms with Crippen molar-refractivity contribution in [3.63, 3.8) is 0 Å². The summed E-state index contributed by atoms with van der Waals surface area (Å²) in [6.45, 7) is 1.83. The van der Waals surface area contributed by atoms with Gasteiger partial charge in [0, 0.05) is 18.4 Å². The predicted molar refractivity (Wildman–Crippen MR) is 75.7 cm³/mol. The predicted octanol–water partition coefficient (Wildman–Crippen LogP) is 1.76. The molecule has 1 aromatic heterocycles. The molecule has 1 N–H and O–H groups in total. The van der Waals surface area contributed by atoms with Crippen LogP contribution in [0.4, 0.5) is 0 Å². The van der Waals surface area contributed by atoms with E-state index in [4.69, 9.17) is 5.11 Å². The third-order valence-electron chi connectivity index (χ3n) is 2.69. The Hall–Kier alpha value is -1.77. The van der Waals surface area contributed by atoms with Crippen molar-refractivity contribution in [2.45, 2.75) is 17.8 Å². The number of rotatable bonds is 3. The third-order valence-corrected chi connectivity index (χ3v) is 3.78. The quantitative estimate of drug-likeness (QED) is 0.684. The lowest BCUT2D eigenvalue weighted by molar-refractivity contribution is 0.350. The van der Waals surface area contributed by atoms with Crippen LogP contribution in [0.3, 0.4) is 0 Å². The SMILES string of the molecule is Cc1nnc(SCc2ccc(C#CCO)cc2)n1C. The number of aliphatic hydroxyl groups excluding tert-OH is 1. The Morgan fingerprint density at radius 3 is 2.58 bits per heavy atom. The topological polar surface area (TPSA) is 50.9 Å². The standard InChI is InChI=1S/C14H15N3OS/c1-11-15-16-14(17(11)2)19-10-13-7-5-12(6-8-13)4-3-9-18/h5-8,18H,9-10H2,1-2H3. The molecule has 0 unspecified atom stereocenters. The lowest BCUT2D eigenvalue weighted by Crippen LogP contribution is -1.93. The molecular weight excluding hydrogens is 258 g/mol. The van der Waals surface area contributed by atoms with Crippen LogP contribution in [-0.2, 0) is 12.8 Å². The van der Waals surface area contributed by atoms with E-state index in [2.05, 4.69) is 22.0 Å². The first-order chi connectivity index (χ1) is 9.20. The Morgan fingerprint density at radius 1 is 1.26 bits per heavy atom. The zero-order valence-corrected chi connectivity index (χ0v) is 11.7. The van der Waals surface area contributed by atoms with Crippen LogP contribution in [-0.4, -0.2) is 26.5 Å². The Labute approximate surface area is 116 Å². The summed E-state index contributed by atoms with van der Waals surface area (Å²) in [6, 6.07) is 8.00. The molecule has 0 radical (unpaired) electrons. The Morgan fingerprint density at radius 2 is 2.00 bits per heavy atom. The highest BCUT2D eigenvalue weighted by Crippen LogP contribution is 2.20. The molecule has 0 amide bonds. The van der Waals surface area contributed by atoms with Crippen LogP contribution in [0.1, 0.15) is 17.0 Å². The molecule has 0 spiro atoms. The fourth-order valence-corrected chi connectivity index (χ4v) is 2.40. The van der Waals surface area contributed by atoms with Crippen LogP contribution >= 0.6 is 11.8 Å². The van der Waals surface area contributed by atoms with Gasteiger partial charge in [-0.15, -0.1) is 10.2 Å². The summed E-state index contributed by atoms with van der Waals surface area (Å²) < 4.78 is 1.98. The minimum atomic E-state index is -0.108. The lowest BCUT2D eigenvalue weighted by atomic mass is 10.1. The minimum Gasteiger partial charge on any atom is -0.384 e. The third kappa shape index (κ3) is 3.60. The molecular formula is C14H15N3OS. The molecule has 0 aliphatic carbocycles. The van der Waals surface area contributed by atoms with Gasteiger partial charge >= 0.3 is 0 Å². The first-order valence-corrected chi connectivity index (χ1v) is 6.86. The van der Waals surface area contributed by atoms with Gasteiger partial charge in [-0.05, 0) is 24.6 Å². The van der Waals surface area contributed by atoms with Crippen molar-refractivity contribution in [1.82, 2.24) is 14.8 Å². The van der Waals surface area contributed by atoms with E-state index >= 15 is 0 Å². The number of aliphatic hydroxyl groups is 1. The van der Waals surface area contributed by atoms with Gasteiger partial charge in [0.25, 0.3) is 0 Å². The second-order valence-electron chi connectivity index (χ2n) is 4.03. The zero-order valence-electron chi connectivity index (χ0n) is 10.9. The van der Waals surface area contributed by atoms with E-state index in [1.807, 2.05) is 42.8 Å². The van der Waals surface area contributed by atoms with Crippen molar-refractivity contribution in [1.29, 1.82) is 0 Å². The van der Waals surface area contributed by atoms with Crippen molar-refractivity contribution >= 4 is 11.8 Å². The molecule has 0 saturated heterocycles. The Bertz CT molecular complexity index is 608. The van der Waals surface area contributed by atoms with E-state index in [0.717, 1.165) is 22.3 Å². The molecule has 0 fully saturated rings. The van der Waals surface area contributed by atoms with Gasteiger partial charge in [-0.1, -0.05) is 35.7 Å². The smallest absolute Gasteiger partial charge is 0.191 e. The monoisotopic (exact) mass is 273 g/mol. The molecule has 1 aromatic carbocycles. The van der Waals surface area contributed by atoms with E-state index in [1.54, 1.807) is 11.8 Å². The Kier molecular flexibility index (Phi) is 4.61. The van der Waals surface area contributed by atoms with Crippen molar-refractivity contribution < 1.29 is 5.11 Å². The van der Waals surface area contributed by atoms with Crippen LogP contribution < -0.4 is 0 Å². The highest BCUT2D eigenvalue weighted by atomic mass is 32.2. The van der Waals surface area contributed by atoms with Crippen molar-refractivity contribution in [2.24, 2.45) is 7.05 Å². The fraction of sp³-hybridized carbons (Fsp3) is 0.286. The maximum atomic E-state index is 8.63. The summed E-state index contributed by atoms with van der Waals surface area (Å²) >= 11 is 1.66. The van der Waals surface area contributed by atoms with Gasteiger partial charge in [-0.25, -0.2) is 0 Å². The summed E-state index contributed by atoms with van der Waals surface area (Å²) in [7, 11) is 1.96. The highest BCUT2D eigenvalue weighted by molar-refractivity contribution is 7.98. The normalized spacial score (nSPS) is 10.1. The maximum Gasteiger partial charge on any atom is 0.191 e. The van der Waals surface area contributed by atoms with Gasteiger partial charge < -0.3 is 9.67 Å². The number of nitrogens with zero attached hydrogens (tertiary/aromatic N) is 3. The van der Waals surface area contributed by atoms with Gasteiger partial charge in [-0.2, -0.15) is 0 Å². The number of aryl methyl sites for hydroxylation is 1. The van der Waals surface area contributed by atoms with Gasteiger partial charge in [0.05, 0.1) is 0 Å². The van der Waals surface area contributed by atoms with Crippen LogP contribution in [0.2, 0.25) is 0 Å². The first-order valence-electron chi connectivity index (χ1n) is 5.88. The number of benzene rings is 1. The summed E-state index contributed by atoms with van der Waals surface area (Å²) in [5.41, 5.74) is 2.12. The van der Waals surface area contributed by atoms with Crippen LogP contribution in [0.15, 0.2) is 29.4 Å². The summed E-state index contributed by atoms with van der Waals surface area (Å²) in [5.74, 6) is 7.27. The van der Waals surface area contributed by atoms with Gasteiger partial charge in [0.15, 0.2) is 5.16 Å². The second-order valence-corrected chi connectivity index (χ2v) is 4.98. The fourth-order valence-electron chi connectivity index (χ4n) is 1.49. The maximum absolute atomic E-state index is 8.63. The summed E-state index contributed by atoms with van der Waals surface area (Å²) in [6.07, 6.45) is 0. The molecule has 2 rings (SSSR count). The number of thioether (sulfide) groups is 1. The summed E-state index contributed by atoms with van der Waals surface area (Å²) in [5, 5.41) is 17.7. The van der Waals surface area contributed by atoms with Crippen molar-refractivity contribution in [3.8, 4) is 11.8 Å². The van der Waals surface area contributed by atoms with Crippen molar-refractivity contribution in [2.75, 3.05) is 6.61 Å². The molecule has 19 heavy (non-hydrogen) atoms. The molecule has 5 heteroatoms. The van der Waals surface area contributed by atoms with Gasteiger partial charge in [-0.3, -0.25) is 0 Å². The number of hydrogen-bond acceptors (Lipinski definition) is 4. The van der Waals surface area contributed by atoms with E-state index in [1.165, 1.54) is 5.56 Å². The van der Waals surface area contributed by atoms with E-state index in [9.17, 15) is 0 Å². The largest absolute Gasteiger partial charge is 0.384 e. The van der Waals surface area contributed by atoms with Crippen LogP contribution in [0.5, 0.6) is 0 Å². The summed E-state index contributed by atoms with van der Waals surface area (Å²) in [4.78, 5) is 0. The molecule has 0 aliphatic heterocycles. The molecule has 0 bridgehead atoms.